The van der Waals surface area contributed by atoms with Gasteiger partial charge in [-0.05, 0) is 49.4 Å². The molecule has 5 rings (SSSR count). The van der Waals surface area contributed by atoms with Gasteiger partial charge in [0, 0.05) is 65.0 Å². The lowest BCUT2D eigenvalue weighted by molar-refractivity contribution is -0.133. The fraction of sp³-hybridized carbons (Fsp3) is 0.269. The molecule has 4 aromatic rings. The molecular weight excluding hydrogens is 512 g/mol. The number of aryl methyl sites for hydroxylation is 1. The third-order valence-electron chi connectivity index (χ3n) is 6.59. The van der Waals surface area contributed by atoms with Crippen molar-refractivity contribution in [2.45, 2.75) is 30.8 Å². The number of carbonyl (C=O) groups excluding carboxylic acids is 1. The highest BCUT2D eigenvalue weighted by Crippen LogP contribution is 2.26. The Balaban J connectivity index is 0.00000210. The standard InChI is InChI=1S/C26H27ClN6O3S.2H2/c1-19-17-32(21-5-7-22(8-6-21)37(35,36)30-24-9-12-28-18-29-24)15-16-33(19)25(34)11-14-31-13-10-20-3-2-4-23(27)26(20)31;;/h2-10,12-13,18-19H,11,14-17H2,1H3,(H,28,29,30);2*1H/t19-;;/m1../s1. The predicted molar refractivity (Wildman–Crippen MR) is 148 cm³/mol. The van der Waals surface area contributed by atoms with Gasteiger partial charge in [-0.1, -0.05) is 23.7 Å². The number of fused-ring (bicyclic) bond motifs is 1. The van der Waals surface area contributed by atoms with E-state index in [0.717, 1.165) is 16.6 Å². The quantitative estimate of drug-likeness (QED) is 0.369. The number of piperazine rings is 1. The maximum absolute atomic E-state index is 13.1. The van der Waals surface area contributed by atoms with Crippen LogP contribution in [0.4, 0.5) is 11.5 Å². The Labute approximate surface area is 223 Å². The summed E-state index contributed by atoms with van der Waals surface area (Å²) in [5.41, 5.74) is 1.86. The summed E-state index contributed by atoms with van der Waals surface area (Å²) in [4.78, 5) is 25.0. The highest BCUT2D eigenvalue weighted by molar-refractivity contribution is 7.92. The molecule has 196 valence electrons. The molecular formula is C26H31ClN6O3S. The van der Waals surface area contributed by atoms with Crippen molar-refractivity contribution < 1.29 is 16.1 Å². The molecule has 0 aliphatic carbocycles. The molecule has 1 aliphatic heterocycles. The largest absolute Gasteiger partial charge is 0.368 e. The van der Waals surface area contributed by atoms with Crippen molar-refractivity contribution in [3.05, 3.63) is 78.3 Å². The molecule has 3 heterocycles. The van der Waals surface area contributed by atoms with Crippen LogP contribution in [0.5, 0.6) is 0 Å². The monoisotopic (exact) mass is 542 g/mol. The van der Waals surface area contributed by atoms with Crippen LogP contribution in [-0.4, -0.2) is 59.4 Å². The van der Waals surface area contributed by atoms with E-state index in [1.54, 1.807) is 24.3 Å². The van der Waals surface area contributed by atoms with Gasteiger partial charge in [-0.15, -0.1) is 0 Å². The van der Waals surface area contributed by atoms with E-state index in [1.165, 1.54) is 18.6 Å². The van der Waals surface area contributed by atoms with E-state index in [-0.39, 0.29) is 25.5 Å². The summed E-state index contributed by atoms with van der Waals surface area (Å²) in [7, 11) is -3.76. The zero-order chi connectivity index (χ0) is 26.0. The number of halogens is 1. The molecule has 9 nitrogen and oxygen atoms in total. The van der Waals surface area contributed by atoms with Crippen molar-refractivity contribution in [2.75, 3.05) is 29.3 Å². The second-order valence-corrected chi connectivity index (χ2v) is 11.1. The Kier molecular flexibility index (Phi) is 7.03. The summed E-state index contributed by atoms with van der Waals surface area (Å²) >= 11 is 6.37. The Morgan fingerprint density at radius 1 is 1.14 bits per heavy atom. The Morgan fingerprint density at radius 3 is 2.68 bits per heavy atom. The normalized spacial score (nSPS) is 16.2. The Morgan fingerprint density at radius 2 is 1.95 bits per heavy atom. The number of nitrogens with zero attached hydrogens (tertiary/aromatic N) is 5. The lowest BCUT2D eigenvalue weighted by atomic mass is 10.1. The summed E-state index contributed by atoms with van der Waals surface area (Å²) in [5, 5.41) is 1.74. The zero-order valence-corrected chi connectivity index (χ0v) is 21.9. The van der Waals surface area contributed by atoms with Crippen LogP contribution in [-0.2, 0) is 21.4 Å². The van der Waals surface area contributed by atoms with Gasteiger partial charge in [0.05, 0.1) is 15.4 Å². The van der Waals surface area contributed by atoms with Crippen LogP contribution < -0.4 is 9.62 Å². The fourth-order valence-corrected chi connectivity index (χ4v) is 6.01. The number of para-hydroxylation sites is 1. The van der Waals surface area contributed by atoms with E-state index in [2.05, 4.69) is 19.6 Å². The SMILES string of the molecule is C[C@@H]1CN(c2ccc(S(=O)(=O)Nc3ccncn3)cc2)CCN1C(=O)CCn1ccc2cccc(Cl)c21.[HH].[HH]. The van der Waals surface area contributed by atoms with E-state index < -0.39 is 10.0 Å². The number of carbonyl (C=O) groups is 1. The molecule has 1 atom stereocenters. The molecule has 1 N–H and O–H groups in total. The third-order valence-corrected chi connectivity index (χ3v) is 8.26. The van der Waals surface area contributed by atoms with Crippen LogP contribution in [0.1, 0.15) is 16.2 Å². The molecule has 1 aliphatic rings. The van der Waals surface area contributed by atoms with Gasteiger partial charge in [-0.3, -0.25) is 9.52 Å². The average molecular weight is 543 g/mol. The van der Waals surface area contributed by atoms with E-state index in [0.29, 0.717) is 37.6 Å². The highest BCUT2D eigenvalue weighted by atomic mass is 35.5. The summed E-state index contributed by atoms with van der Waals surface area (Å²) in [6.45, 7) is 4.53. The number of nitrogens with one attached hydrogen (secondary N) is 1. The minimum Gasteiger partial charge on any atom is -0.368 e. The number of aromatic nitrogens is 3. The second kappa shape index (κ2) is 10.4. The summed E-state index contributed by atoms with van der Waals surface area (Å²) in [6.07, 6.45) is 5.12. The van der Waals surface area contributed by atoms with Gasteiger partial charge >= 0.3 is 0 Å². The van der Waals surface area contributed by atoms with Crippen molar-refractivity contribution in [1.82, 2.24) is 19.4 Å². The van der Waals surface area contributed by atoms with E-state index in [9.17, 15) is 13.2 Å². The maximum atomic E-state index is 13.1. The number of amides is 1. The number of sulfonamides is 1. The van der Waals surface area contributed by atoms with Gasteiger partial charge in [-0.2, -0.15) is 0 Å². The van der Waals surface area contributed by atoms with Crippen LogP contribution in [0.2, 0.25) is 5.02 Å². The molecule has 11 heteroatoms. The van der Waals surface area contributed by atoms with Gasteiger partial charge in [0.2, 0.25) is 5.91 Å². The third kappa shape index (κ3) is 5.40. The molecule has 1 amide bonds. The topological polar surface area (TPSA) is 100 Å². The van der Waals surface area contributed by atoms with Crippen LogP contribution in [0.3, 0.4) is 0 Å². The summed E-state index contributed by atoms with van der Waals surface area (Å²) in [6, 6.07) is 16.1. The van der Waals surface area contributed by atoms with E-state index in [1.807, 2.05) is 46.9 Å². The molecule has 0 radical (unpaired) electrons. The maximum Gasteiger partial charge on any atom is 0.263 e. The Bertz CT molecular complexity index is 1520. The summed E-state index contributed by atoms with van der Waals surface area (Å²) < 4.78 is 29.8. The first-order valence-corrected chi connectivity index (χ1v) is 13.8. The van der Waals surface area contributed by atoms with Crippen molar-refractivity contribution >= 4 is 49.9 Å². The molecule has 0 bridgehead atoms. The lowest BCUT2D eigenvalue weighted by Crippen LogP contribution is -2.54. The highest BCUT2D eigenvalue weighted by Gasteiger charge is 2.27. The van der Waals surface area contributed by atoms with Crippen LogP contribution in [0.25, 0.3) is 10.9 Å². The predicted octanol–water partition coefficient (Wildman–Crippen LogP) is 4.50. The van der Waals surface area contributed by atoms with Crippen molar-refractivity contribution in [2.24, 2.45) is 0 Å². The smallest absolute Gasteiger partial charge is 0.263 e. The van der Waals surface area contributed by atoms with Gasteiger partial charge in [-0.25, -0.2) is 18.4 Å². The van der Waals surface area contributed by atoms with Gasteiger partial charge in [0.15, 0.2) is 0 Å². The van der Waals surface area contributed by atoms with Crippen LogP contribution >= 0.6 is 11.6 Å². The average Bonchev–Trinajstić information content (AvgIpc) is 3.32. The number of anilines is 2. The van der Waals surface area contributed by atoms with Crippen molar-refractivity contribution in [1.29, 1.82) is 0 Å². The molecule has 2 aromatic heterocycles. The fourth-order valence-electron chi connectivity index (χ4n) is 4.71. The van der Waals surface area contributed by atoms with E-state index >= 15 is 0 Å². The second-order valence-electron chi connectivity index (χ2n) is 9.01. The molecule has 1 saturated heterocycles. The molecule has 37 heavy (non-hydrogen) atoms. The van der Waals surface area contributed by atoms with Crippen LogP contribution in [0.15, 0.2) is 78.2 Å². The number of benzene rings is 2. The van der Waals surface area contributed by atoms with Crippen molar-refractivity contribution in [3.63, 3.8) is 0 Å². The minimum atomic E-state index is -3.76. The molecule has 1 fully saturated rings. The molecule has 2 aromatic carbocycles. The molecule has 0 unspecified atom stereocenters. The first-order valence-electron chi connectivity index (χ1n) is 12.0. The number of rotatable bonds is 7. The minimum absolute atomic E-state index is 0. The first kappa shape index (κ1) is 25.0. The van der Waals surface area contributed by atoms with Gasteiger partial charge < -0.3 is 14.4 Å². The van der Waals surface area contributed by atoms with Crippen LogP contribution in [0, 0.1) is 0 Å². The number of hydrogen-bond acceptors (Lipinski definition) is 6. The van der Waals surface area contributed by atoms with Crippen molar-refractivity contribution in [3.8, 4) is 0 Å². The van der Waals surface area contributed by atoms with Gasteiger partial charge in [0.1, 0.15) is 12.1 Å². The molecule has 0 saturated carbocycles. The molecule has 0 spiro atoms. The first-order chi connectivity index (χ1) is 17.8. The lowest BCUT2D eigenvalue weighted by Gasteiger charge is -2.41. The Hall–Kier alpha value is -3.63. The van der Waals surface area contributed by atoms with Gasteiger partial charge in [0.25, 0.3) is 10.0 Å². The summed E-state index contributed by atoms with van der Waals surface area (Å²) in [5.74, 6) is 0.319. The number of hydrogen-bond donors (Lipinski definition) is 1. The van der Waals surface area contributed by atoms with E-state index in [4.69, 9.17) is 11.6 Å². The zero-order valence-electron chi connectivity index (χ0n) is 20.3.